The second-order valence-corrected chi connectivity index (χ2v) is 3.10. The summed E-state index contributed by atoms with van der Waals surface area (Å²) in [5, 5.41) is 0. The molecule has 0 aromatic heterocycles. The van der Waals surface area contributed by atoms with Crippen LogP contribution in [0.5, 0.6) is 0 Å². The minimum absolute atomic E-state index is 0.0826. The number of carbonyl (C=O) groups is 1. The summed E-state index contributed by atoms with van der Waals surface area (Å²) in [5.74, 6) is 0. The van der Waals surface area contributed by atoms with E-state index in [0.717, 1.165) is 0 Å². The summed E-state index contributed by atoms with van der Waals surface area (Å²) in [6.45, 7) is 0. The van der Waals surface area contributed by atoms with Gasteiger partial charge >= 0.3 is 0 Å². The minimum Gasteiger partial charge on any atom is -0.399 e. The van der Waals surface area contributed by atoms with E-state index < -0.39 is 11.1 Å². The molecule has 1 aromatic carbocycles. The second-order valence-electron chi connectivity index (χ2n) is 2.16. The molecule has 0 aliphatic carbocycles. The Kier molecular flexibility index (Phi) is 2.57. The van der Waals surface area contributed by atoms with Gasteiger partial charge in [0.05, 0.1) is 4.90 Å². The Morgan fingerprint density at radius 2 is 2.17 bits per heavy atom. The lowest BCUT2D eigenvalue weighted by Crippen LogP contribution is -1.96. The maximum atomic E-state index is 10.6. The predicted molar refractivity (Wildman–Crippen MR) is 45.3 cm³/mol. The van der Waals surface area contributed by atoms with Gasteiger partial charge in [0.15, 0.2) is 17.4 Å². The average molecular weight is 185 g/mol. The topological polar surface area (TPSA) is 80.4 Å². The summed E-state index contributed by atoms with van der Waals surface area (Å²) in [6, 6.07) is 4.18. The lowest BCUT2D eigenvalue weighted by atomic mass is 10.2. The number of nitrogens with two attached hydrogens (primary N) is 1. The molecule has 4 nitrogen and oxygen atoms in total. The van der Waals surface area contributed by atoms with E-state index in [9.17, 15) is 9.00 Å². The Morgan fingerprint density at radius 1 is 1.50 bits per heavy atom. The number of hydrogen-bond acceptors (Lipinski definition) is 3. The van der Waals surface area contributed by atoms with Crippen molar-refractivity contribution in [2.24, 2.45) is 0 Å². The zero-order valence-electron chi connectivity index (χ0n) is 6.06. The predicted octanol–water partition coefficient (Wildman–Crippen LogP) is 0.662. The molecule has 0 radical (unpaired) electrons. The molecule has 64 valence electrons. The number of nitrogen functional groups attached to an aromatic ring is 1. The molecule has 0 amide bonds. The average Bonchev–Trinajstić information content (AvgIpc) is 2.03. The number of carbonyl (C=O) groups excluding carboxylic acids is 1. The highest BCUT2D eigenvalue weighted by Gasteiger charge is 2.06. The van der Waals surface area contributed by atoms with Crippen LogP contribution in [0.3, 0.4) is 0 Å². The minimum atomic E-state index is -2.14. The van der Waals surface area contributed by atoms with Crippen molar-refractivity contribution in [3.63, 3.8) is 0 Å². The first-order valence-corrected chi connectivity index (χ1v) is 4.21. The summed E-state index contributed by atoms with van der Waals surface area (Å²) in [5.41, 5.74) is 5.91. The zero-order valence-corrected chi connectivity index (χ0v) is 6.88. The maximum absolute atomic E-state index is 10.6. The highest BCUT2D eigenvalue weighted by Crippen LogP contribution is 2.14. The van der Waals surface area contributed by atoms with Crippen LogP contribution in [0.4, 0.5) is 5.69 Å². The molecule has 0 spiro atoms. The van der Waals surface area contributed by atoms with Crippen LogP contribution in [0, 0.1) is 0 Å². The van der Waals surface area contributed by atoms with Crippen molar-refractivity contribution in [1.29, 1.82) is 0 Å². The third kappa shape index (κ3) is 1.69. The van der Waals surface area contributed by atoms with Crippen LogP contribution < -0.4 is 5.73 Å². The van der Waals surface area contributed by atoms with Crippen molar-refractivity contribution < 1.29 is 13.6 Å². The molecule has 0 bridgehead atoms. The normalized spacial score (nSPS) is 12.4. The van der Waals surface area contributed by atoms with Crippen molar-refractivity contribution >= 4 is 23.1 Å². The first-order chi connectivity index (χ1) is 5.65. The Morgan fingerprint density at radius 3 is 2.67 bits per heavy atom. The van der Waals surface area contributed by atoms with Crippen LogP contribution in [0.15, 0.2) is 23.1 Å². The van der Waals surface area contributed by atoms with Crippen molar-refractivity contribution in [2.45, 2.75) is 4.90 Å². The van der Waals surface area contributed by atoms with Crippen molar-refractivity contribution in [3.05, 3.63) is 23.8 Å². The van der Waals surface area contributed by atoms with Crippen LogP contribution >= 0.6 is 0 Å². The number of aldehydes is 1. The molecule has 1 aromatic rings. The van der Waals surface area contributed by atoms with Gasteiger partial charge in [0.2, 0.25) is 0 Å². The van der Waals surface area contributed by atoms with E-state index in [0.29, 0.717) is 12.0 Å². The van der Waals surface area contributed by atoms with Gasteiger partial charge in [-0.3, -0.25) is 4.79 Å². The Hall–Kier alpha value is -1.20. The van der Waals surface area contributed by atoms with Gasteiger partial charge in [-0.05, 0) is 18.2 Å². The van der Waals surface area contributed by atoms with Crippen LogP contribution in [-0.2, 0) is 11.1 Å². The summed E-state index contributed by atoms with van der Waals surface area (Å²) in [7, 11) is 0. The van der Waals surface area contributed by atoms with Gasteiger partial charge in [-0.1, -0.05) is 0 Å². The lowest BCUT2D eigenvalue weighted by Gasteiger charge is -1.99. The van der Waals surface area contributed by atoms with Gasteiger partial charge in [0, 0.05) is 11.3 Å². The van der Waals surface area contributed by atoms with Gasteiger partial charge in [-0.15, -0.1) is 0 Å². The maximum Gasteiger partial charge on any atom is 0.187 e. The van der Waals surface area contributed by atoms with Crippen LogP contribution in [0.2, 0.25) is 0 Å². The highest BCUT2D eigenvalue weighted by atomic mass is 32.2. The number of benzene rings is 1. The van der Waals surface area contributed by atoms with E-state index in [-0.39, 0.29) is 10.5 Å². The smallest absolute Gasteiger partial charge is 0.187 e. The fourth-order valence-electron chi connectivity index (χ4n) is 0.818. The van der Waals surface area contributed by atoms with Gasteiger partial charge < -0.3 is 10.3 Å². The zero-order chi connectivity index (χ0) is 9.14. The van der Waals surface area contributed by atoms with Crippen LogP contribution in [-0.4, -0.2) is 15.0 Å². The monoisotopic (exact) mass is 185 g/mol. The summed E-state index contributed by atoms with van der Waals surface area (Å²) < 4.78 is 19.3. The molecule has 5 heteroatoms. The Balaban J connectivity index is 3.29. The fraction of sp³-hybridized carbons (Fsp3) is 0. The van der Waals surface area contributed by atoms with Crippen LogP contribution in [0.1, 0.15) is 10.4 Å². The van der Waals surface area contributed by atoms with Crippen molar-refractivity contribution in [1.82, 2.24) is 0 Å². The summed E-state index contributed by atoms with van der Waals surface area (Å²) in [4.78, 5) is 10.5. The fourth-order valence-corrected chi connectivity index (χ4v) is 1.31. The molecule has 0 heterocycles. The summed E-state index contributed by atoms with van der Waals surface area (Å²) >= 11 is -2.14. The molecule has 1 unspecified atom stereocenters. The lowest BCUT2D eigenvalue weighted by molar-refractivity contribution is 0.112. The van der Waals surface area contributed by atoms with Gasteiger partial charge in [-0.2, -0.15) is 0 Å². The van der Waals surface area contributed by atoms with E-state index in [4.69, 9.17) is 10.3 Å². The van der Waals surface area contributed by atoms with E-state index in [1.165, 1.54) is 18.2 Å². The van der Waals surface area contributed by atoms with Crippen molar-refractivity contribution in [3.8, 4) is 0 Å². The van der Waals surface area contributed by atoms with Gasteiger partial charge in [-0.25, -0.2) is 4.21 Å². The molecule has 3 N–H and O–H groups in total. The number of hydrogen-bond donors (Lipinski definition) is 2. The van der Waals surface area contributed by atoms with Gasteiger partial charge in [0.1, 0.15) is 0 Å². The Labute approximate surface area is 71.7 Å². The second kappa shape index (κ2) is 3.46. The van der Waals surface area contributed by atoms with E-state index >= 15 is 0 Å². The standard InChI is InChI=1S/C7H7NO3S/c8-6-1-2-7(12(10)11)5(3-6)4-9/h1-4H,8H2,(H,10,11). The molecule has 1 atom stereocenters. The third-order valence-electron chi connectivity index (χ3n) is 1.35. The molecule has 0 aliphatic rings. The van der Waals surface area contributed by atoms with Crippen molar-refractivity contribution in [2.75, 3.05) is 5.73 Å². The summed E-state index contributed by atoms with van der Waals surface area (Å²) in [6.07, 6.45) is 0.500. The van der Waals surface area contributed by atoms with Crippen LogP contribution in [0.25, 0.3) is 0 Å². The Bertz CT molecular complexity index is 337. The molecular formula is C7H7NO3S. The number of anilines is 1. The first kappa shape index (κ1) is 8.89. The van der Waals surface area contributed by atoms with E-state index in [2.05, 4.69) is 0 Å². The number of rotatable bonds is 2. The largest absolute Gasteiger partial charge is 0.399 e. The molecule has 0 aliphatic heterocycles. The SMILES string of the molecule is Nc1ccc(S(=O)O)c(C=O)c1. The molecule has 0 fully saturated rings. The molecule has 12 heavy (non-hydrogen) atoms. The molecule has 0 saturated carbocycles. The first-order valence-electron chi connectivity index (χ1n) is 3.10. The third-order valence-corrected chi connectivity index (χ3v) is 2.10. The van der Waals surface area contributed by atoms with E-state index in [1.807, 2.05) is 0 Å². The quantitative estimate of drug-likeness (QED) is 0.403. The highest BCUT2D eigenvalue weighted by molar-refractivity contribution is 7.79. The van der Waals surface area contributed by atoms with E-state index in [1.54, 1.807) is 0 Å². The van der Waals surface area contributed by atoms with Gasteiger partial charge in [0.25, 0.3) is 0 Å². The molecular weight excluding hydrogens is 178 g/mol. The molecule has 1 rings (SSSR count). The molecule has 0 saturated heterocycles.